The smallest absolute Gasteiger partial charge is 0.193 e. The molecule has 0 radical (unpaired) electrons. The fourth-order valence-electron chi connectivity index (χ4n) is 2.81. The molecule has 1 heterocycles. The molecule has 1 unspecified atom stereocenters. The number of benzene rings is 1. The van der Waals surface area contributed by atoms with E-state index < -0.39 is 0 Å². The van der Waals surface area contributed by atoms with E-state index in [1.54, 1.807) is 7.11 Å². The van der Waals surface area contributed by atoms with Crippen molar-refractivity contribution in [1.29, 1.82) is 0 Å². The Hall–Kier alpha value is -1.75. The quantitative estimate of drug-likeness (QED) is 0.668. The van der Waals surface area contributed by atoms with Crippen LogP contribution in [0.3, 0.4) is 0 Å². The molecule has 22 heavy (non-hydrogen) atoms. The van der Waals surface area contributed by atoms with Gasteiger partial charge in [0.25, 0.3) is 0 Å². The van der Waals surface area contributed by atoms with Crippen LogP contribution in [0.15, 0.2) is 23.2 Å². The average molecular weight is 305 g/mol. The zero-order chi connectivity index (χ0) is 15.9. The third-order valence-corrected chi connectivity index (χ3v) is 3.93. The van der Waals surface area contributed by atoms with E-state index in [2.05, 4.69) is 41.3 Å². The molecule has 1 aliphatic heterocycles. The molecule has 0 saturated carbocycles. The molecule has 0 aliphatic carbocycles. The molecule has 5 heteroatoms. The molecule has 5 nitrogen and oxygen atoms in total. The molecule has 0 bridgehead atoms. The zero-order valence-electron chi connectivity index (χ0n) is 14.1. The van der Waals surface area contributed by atoms with Crippen molar-refractivity contribution in [3.8, 4) is 5.75 Å². The van der Waals surface area contributed by atoms with Crippen LogP contribution in [-0.2, 0) is 11.3 Å². The normalized spacial score (nSPS) is 18.4. The van der Waals surface area contributed by atoms with E-state index in [4.69, 9.17) is 9.47 Å². The first-order valence-corrected chi connectivity index (χ1v) is 7.76. The van der Waals surface area contributed by atoms with Crippen LogP contribution in [0.25, 0.3) is 0 Å². The Labute approximate surface area is 133 Å². The van der Waals surface area contributed by atoms with E-state index in [1.807, 2.05) is 13.1 Å². The predicted molar refractivity (Wildman–Crippen MR) is 89.5 cm³/mol. The first-order valence-electron chi connectivity index (χ1n) is 7.76. The van der Waals surface area contributed by atoms with Gasteiger partial charge in [0.05, 0.1) is 13.7 Å². The van der Waals surface area contributed by atoms with E-state index >= 15 is 0 Å². The summed E-state index contributed by atoms with van der Waals surface area (Å²) >= 11 is 0. The minimum atomic E-state index is 0.600. The lowest BCUT2D eigenvalue weighted by Gasteiger charge is -2.24. The summed E-state index contributed by atoms with van der Waals surface area (Å²) in [6, 6.07) is 6.25. The van der Waals surface area contributed by atoms with Gasteiger partial charge < -0.3 is 19.7 Å². The average Bonchev–Trinajstić information content (AvgIpc) is 3.00. The molecule has 1 aliphatic rings. The van der Waals surface area contributed by atoms with Crippen molar-refractivity contribution in [2.45, 2.75) is 19.9 Å². The lowest BCUT2D eigenvalue weighted by Crippen LogP contribution is -2.41. The number of methoxy groups -OCH3 is 1. The number of ether oxygens (including phenoxy) is 2. The van der Waals surface area contributed by atoms with Gasteiger partial charge >= 0.3 is 0 Å². The van der Waals surface area contributed by atoms with Crippen molar-refractivity contribution >= 4 is 5.96 Å². The Kier molecular flexibility index (Phi) is 6.07. The summed E-state index contributed by atoms with van der Waals surface area (Å²) in [4.78, 5) is 6.54. The lowest BCUT2D eigenvalue weighted by molar-refractivity contribution is 0.181. The highest BCUT2D eigenvalue weighted by Crippen LogP contribution is 2.16. The number of nitrogens with one attached hydrogen (secondary N) is 1. The van der Waals surface area contributed by atoms with Gasteiger partial charge in [-0.15, -0.1) is 0 Å². The maximum absolute atomic E-state index is 5.44. The molecular weight excluding hydrogens is 278 g/mol. The van der Waals surface area contributed by atoms with Gasteiger partial charge in [0.2, 0.25) is 0 Å². The van der Waals surface area contributed by atoms with E-state index in [0.29, 0.717) is 5.92 Å². The van der Waals surface area contributed by atoms with E-state index in [1.165, 1.54) is 11.1 Å². The second kappa shape index (κ2) is 8.03. The molecule has 1 aromatic carbocycles. The fraction of sp³-hybridized carbons (Fsp3) is 0.588. The number of aryl methyl sites for hydroxylation is 1. The van der Waals surface area contributed by atoms with Crippen LogP contribution < -0.4 is 10.1 Å². The highest BCUT2D eigenvalue weighted by atomic mass is 16.5. The van der Waals surface area contributed by atoms with Crippen molar-refractivity contribution in [3.63, 3.8) is 0 Å². The molecule has 1 aromatic rings. The van der Waals surface area contributed by atoms with Gasteiger partial charge in [-0.3, -0.25) is 4.99 Å². The summed E-state index contributed by atoms with van der Waals surface area (Å²) in [7, 11) is 5.59. The van der Waals surface area contributed by atoms with Gasteiger partial charge in [-0.2, -0.15) is 0 Å². The Morgan fingerprint density at radius 3 is 2.91 bits per heavy atom. The highest BCUT2D eigenvalue weighted by molar-refractivity contribution is 5.79. The molecular formula is C17H27N3O2. The molecule has 122 valence electrons. The summed E-state index contributed by atoms with van der Waals surface area (Å²) < 4.78 is 10.8. The first kappa shape index (κ1) is 16.6. The monoisotopic (exact) mass is 305 g/mol. The number of hydrogen-bond donors (Lipinski definition) is 1. The molecule has 0 amide bonds. The maximum atomic E-state index is 5.44. The minimum Gasteiger partial charge on any atom is -0.497 e. The topological polar surface area (TPSA) is 46.1 Å². The van der Waals surface area contributed by atoms with Crippen molar-refractivity contribution in [1.82, 2.24) is 10.2 Å². The van der Waals surface area contributed by atoms with Crippen LogP contribution in [0.2, 0.25) is 0 Å². The third kappa shape index (κ3) is 4.63. The van der Waals surface area contributed by atoms with E-state index in [0.717, 1.165) is 44.4 Å². The summed E-state index contributed by atoms with van der Waals surface area (Å²) in [5, 5.41) is 3.42. The molecule has 1 N–H and O–H groups in total. The van der Waals surface area contributed by atoms with Gasteiger partial charge in [-0.05, 0) is 36.6 Å². The predicted octanol–water partition coefficient (Wildman–Crippen LogP) is 2.05. The second-order valence-corrected chi connectivity index (χ2v) is 5.87. The van der Waals surface area contributed by atoms with Crippen LogP contribution in [0, 0.1) is 12.8 Å². The van der Waals surface area contributed by atoms with Gasteiger partial charge in [-0.1, -0.05) is 6.07 Å². The fourth-order valence-corrected chi connectivity index (χ4v) is 2.81. The summed E-state index contributed by atoms with van der Waals surface area (Å²) in [5.74, 6) is 2.40. The zero-order valence-corrected chi connectivity index (χ0v) is 14.1. The molecule has 0 spiro atoms. The Morgan fingerprint density at radius 2 is 2.27 bits per heavy atom. The standard InChI is InChI=1S/C17H27N3O2/c1-13-7-15(9-16(8-13)21-4)10-19-17(18-2)20(3)11-14-5-6-22-12-14/h7-9,14H,5-6,10-12H2,1-4H3,(H,18,19). The van der Waals surface area contributed by atoms with Crippen LogP contribution in [0.4, 0.5) is 0 Å². The Bertz CT molecular complexity index is 511. The molecule has 1 fully saturated rings. The summed E-state index contributed by atoms with van der Waals surface area (Å²) in [6.07, 6.45) is 1.14. The molecule has 0 aromatic heterocycles. The van der Waals surface area contributed by atoms with Crippen LogP contribution in [-0.4, -0.2) is 51.8 Å². The van der Waals surface area contributed by atoms with Crippen molar-refractivity contribution in [2.75, 3.05) is 41.0 Å². The number of nitrogens with zero attached hydrogens (tertiary/aromatic N) is 2. The number of rotatable bonds is 5. The van der Waals surface area contributed by atoms with Crippen LogP contribution in [0.1, 0.15) is 17.5 Å². The second-order valence-electron chi connectivity index (χ2n) is 5.87. The SMILES string of the molecule is CN=C(NCc1cc(C)cc(OC)c1)N(C)CC1CCOC1. The van der Waals surface area contributed by atoms with Crippen LogP contribution in [0.5, 0.6) is 5.75 Å². The minimum absolute atomic E-state index is 0.600. The van der Waals surface area contributed by atoms with Gasteiger partial charge in [-0.25, -0.2) is 0 Å². The Morgan fingerprint density at radius 1 is 1.45 bits per heavy atom. The number of hydrogen-bond acceptors (Lipinski definition) is 3. The van der Waals surface area contributed by atoms with E-state index in [-0.39, 0.29) is 0 Å². The maximum Gasteiger partial charge on any atom is 0.193 e. The third-order valence-electron chi connectivity index (χ3n) is 3.93. The Balaban J connectivity index is 1.91. The summed E-state index contributed by atoms with van der Waals surface area (Å²) in [5.41, 5.74) is 2.39. The highest BCUT2D eigenvalue weighted by Gasteiger charge is 2.19. The number of aliphatic imine (C=N–C) groups is 1. The van der Waals surface area contributed by atoms with Crippen LogP contribution >= 0.6 is 0 Å². The molecule has 1 saturated heterocycles. The van der Waals surface area contributed by atoms with Gasteiger partial charge in [0.1, 0.15) is 5.75 Å². The molecule has 2 rings (SSSR count). The van der Waals surface area contributed by atoms with Crippen molar-refractivity contribution < 1.29 is 9.47 Å². The van der Waals surface area contributed by atoms with Gasteiger partial charge in [0, 0.05) is 39.7 Å². The largest absolute Gasteiger partial charge is 0.497 e. The number of guanidine groups is 1. The summed E-state index contributed by atoms with van der Waals surface area (Å²) in [6.45, 7) is 5.52. The van der Waals surface area contributed by atoms with Crippen molar-refractivity contribution in [2.24, 2.45) is 10.9 Å². The van der Waals surface area contributed by atoms with Crippen molar-refractivity contribution in [3.05, 3.63) is 29.3 Å². The first-order chi connectivity index (χ1) is 10.6. The lowest BCUT2D eigenvalue weighted by atomic mass is 10.1. The van der Waals surface area contributed by atoms with Gasteiger partial charge in [0.15, 0.2) is 5.96 Å². The molecule has 1 atom stereocenters. The van der Waals surface area contributed by atoms with E-state index in [9.17, 15) is 0 Å².